The first-order chi connectivity index (χ1) is 12.8. The molecule has 0 spiro atoms. The number of ether oxygens (including phenoxy) is 1. The normalized spacial score (nSPS) is 10.6. The number of aromatic amines is 1. The zero-order valence-corrected chi connectivity index (χ0v) is 15.9. The predicted octanol–water partition coefficient (Wildman–Crippen LogP) is 3.29. The molecule has 0 atom stereocenters. The summed E-state index contributed by atoms with van der Waals surface area (Å²) in [6, 6.07) is 5.21. The fourth-order valence-electron chi connectivity index (χ4n) is 3.02. The van der Waals surface area contributed by atoms with Gasteiger partial charge in [0.1, 0.15) is 11.5 Å². The van der Waals surface area contributed by atoms with Crippen LogP contribution >= 0.6 is 0 Å². The van der Waals surface area contributed by atoms with E-state index in [4.69, 9.17) is 4.74 Å². The number of carbonyl (C=O) groups excluding carboxylic acids is 3. The number of halogens is 1. The minimum absolute atomic E-state index is 0.135. The van der Waals surface area contributed by atoms with Crippen LogP contribution in [-0.2, 0) is 4.74 Å². The van der Waals surface area contributed by atoms with Gasteiger partial charge in [-0.3, -0.25) is 9.59 Å². The molecule has 2 aromatic rings. The Morgan fingerprint density at radius 1 is 1.15 bits per heavy atom. The Balaban J connectivity index is 2.27. The molecule has 1 aromatic carbocycles. The number of amides is 1. The standard InChI is InChI=1S/C20H23FN2O4/c1-5-10-23(19(25)14-6-8-15(21)9-7-14)11-16(24)17-12(2)18(20(26)27-4)22-13(17)3/h6-9,22H,5,10-11H2,1-4H3. The van der Waals surface area contributed by atoms with Gasteiger partial charge in [0.25, 0.3) is 5.91 Å². The van der Waals surface area contributed by atoms with Crippen molar-refractivity contribution in [1.82, 2.24) is 9.88 Å². The number of nitrogens with zero attached hydrogens (tertiary/aromatic N) is 1. The van der Waals surface area contributed by atoms with E-state index in [2.05, 4.69) is 4.98 Å². The molecule has 0 aliphatic carbocycles. The summed E-state index contributed by atoms with van der Waals surface area (Å²) in [5.74, 6) is -1.61. The summed E-state index contributed by atoms with van der Waals surface area (Å²) >= 11 is 0. The molecule has 0 saturated carbocycles. The number of aromatic nitrogens is 1. The number of H-pyrrole nitrogens is 1. The van der Waals surface area contributed by atoms with E-state index in [0.717, 1.165) is 0 Å². The number of aryl methyl sites for hydroxylation is 1. The van der Waals surface area contributed by atoms with Gasteiger partial charge in [0, 0.05) is 23.4 Å². The molecule has 1 aromatic heterocycles. The van der Waals surface area contributed by atoms with E-state index in [0.29, 0.717) is 35.3 Å². The van der Waals surface area contributed by atoms with E-state index in [1.807, 2.05) is 6.92 Å². The number of methoxy groups -OCH3 is 1. The molecule has 144 valence electrons. The van der Waals surface area contributed by atoms with Crippen molar-refractivity contribution in [3.8, 4) is 0 Å². The zero-order chi connectivity index (χ0) is 20.1. The Bertz CT molecular complexity index is 856. The van der Waals surface area contributed by atoms with Gasteiger partial charge >= 0.3 is 5.97 Å². The largest absolute Gasteiger partial charge is 0.464 e. The molecule has 7 heteroatoms. The number of ketones is 1. The van der Waals surface area contributed by atoms with Gasteiger partial charge in [0.15, 0.2) is 5.78 Å². The Morgan fingerprint density at radius 2 is 1.78 bits per heavy atom. The Hall–Kier alpha value is -2.96. The highest BCUT2D eigenvalue weighted by Gasteiger charge is 2.25. The van der Waals surface area contributed by atoms with E-state index in [-0.39, 0.29) is 23.9 Å². The van der Waals surface area contributed by atoms with Crippen molar-refractivity contribution in [2.75, 3.05) is 20.2 Å². The van der Waals surface area contributed by atoms with Crippen molar-refractivity contribution in [2.24, 2.45) is 0 Å². The van der Waals surface area contributed by atoms with Gasteiger partial charge < -0.3 is 14.6 Å². The van der Waals surface area contributed by atoms with Crippen LogP contribution in [0.5, 0.6) is 0 Å². The van der Waals surface area contributed by atoms with Gasteiger partial charge in [-0.1, -0.05) is 6.92 Å². The van der Waals surface area contributed by atoms with Crippen LogP contribution in [0, 0.1) is 19.7 Å². The molecule has 27 heavy (non-hydrogen) atoms. The lowest BCUT2D eigenvalue weighted by Gasteiger charge is -2.21. The molecule has 1 N–H and O–H groups in total. The summed E-state index contributed by atoms with van der Waals surface area (Å²) < 4.78 is 17.8. The molecular weight excluding hydrogens is 351 g/mol. The number of carbonyl (C=O) groups is 3. The Morgan fingerprint density at radius 3 is 2.33 bits per heavy atom. The first-order valence-corrected chi connectivity index (χ1v) is 8.65. The number of hydrogen-bond acceptors (Lipinski definition) is 4. The molecule has 0 radical (unpaired) electrons. The Labute approximate surface area is 157 Å². The molecule has 0 unspecified atom stereocenters. The molecule has 1 amide bonds. The SMILES string of the molecule is CCCN(CC(=O)c1c(C)[nH]c(C(=O)OC)c1C)C(=O)c1ccc(F)cc1. The van der Waals surface area contributed by atoms with Crippen molar-refractivity contribution in [3.63, 3.8) is 0 Å². The van der Waals surface area contributed by atoms with Crippen LogP contribution < -0.4 is 0 Å². The fourth-order valence-corrected chi connectivity index (χ4v) is 3.02. The van der Waals surface area contributed by atoms with Gasteiger partial charge in [-0.15, -0.1) is 0 Å². The molecule has 2 rings (SSSR count). The molecule has 1 heterocycles. The lowest BCUT2D eigenvalue weighted by Crippen LogP contribution is -2.36. The van der Waals surface area contributed by atoms with Crippen LogP contribution in [0.15, 0.2) is 24.3 Å². The summed E-state index contributed by atoms with van der Waals surface area (Å²) in [7, 11) is 1.27. The average molecular weight is 374 g/mol. The second-order valence-corrected chi connectivity index (χ2v) is 6.27. The zero-order valence-electron chi connectivity index (χ0n) is 15.9. The maximum absolute atomic E-state index is 13.1. The van der Waals surface area contributed by atoms with E-state index in [1.54, 1.807) is 13.8 Å². The van der Waals surface area contributed by atoms with E-state index < -0.39 is 11.8 Å². The van der Waals surface area contributed by atoms with Crippen molar-refractivity contribution in [3.05, 3.63) is 58.2 Å². The topological polar surface area (TPSA) is 79.5 Å². The second kappa shape index (κ2) is 8.62. The highest BCUT2D eigenvalue weighted by molar-refractivity contribution is 6.05. The van der Waals surface area contributed by atoms with E-state index in [1.165, 1.54) is 36.3 Å². The van der Waals surface area contributed by atoms with Crippen LogP contribution in [0.2, 0.25) is 0 Å². The minimum atomic E-state index is -0.553. The van der Waals surface area contributed by atoms with Crippen LogP contribution in [-0.4, -0.2) is 47.7 Å². The smallest absolute Gasteiger partial charge is 0.354 e. The lowest BCUT2D eigenvalue weighted by atomic mass is 10.0. The number of rotatable bonds is 7. The number of benzene rings is 1. The van der Waals surface area contributed by atoms with Crippen molar-refractivity contribution >= 4 is 17.7 Å². The summed E-state index contributed by atoms with van der Waals surface area (Å²) in [5, 5.41) is 0. The van der Waals surface area contributed by atoms with Crippen LogP contribution in [0.25, 0.3) is 0 Å². The summed E-state index contributed by atoms with van der Waals surface area (Å²) in [6.07, 6.45) is 0.665. The van der Waals surface area contributed by atoms with E-state index in [9.17, 15) is 18.8 Å². The first kappa shape index (κ1) is 20.4. The molecule has 0 aliphatic heterocycles. The quantitative estimate of drug-likeness (QED) is 0.596. The third-order valence-electron chi connectivity index (χ3n) is 4.31. The van der Waals surface area contributed by atoms with Crippen LogP contribution in [0.1, 0.15) is 55.8 Å². The number of hydrogen-bond donors (Lipinski definition) is 1. The minimum Gasteiger partial charge on any atom is -0.464 e. The molecule has 0 fully saturated rings. The average Bonchev–Trinajstić information content (AvgIpc) is 2.95. The van der Waals surface area contributed by atoms with E-state index >= 15 is 0 Å². The maximum Gasteiger partial charge on any atom is 0.354 e. The van der Waals surface area contributed by atoms with Gasteiger partial charge in [-0.2, -0.15) is 0 Å². The van der Waals surface area contributed by atoms with Gasteiger partial charge in [-0.25, -0.2) is 9.18 Å². The maximum atomic E-state index is 13.1. The first-order valence-electron chi connectivity index (χ1n) is 8.65. The van der Waals surface area contributed by atoms with Crippen molar-refractivity contribution in [2.45, 2.75) is 27.2 Å². The summed E-state index contributed by atoms with van der Waals surface area (Å²) in [6.45, 7) is 5.50. The van der Waals surface area contributed by atoms with Gasteiger partial charge in [0.05, 0.1) is 13.7 Å². The lowest BCUT2D eigenvalue weighted by molar-refractivity contribution is 0.0593. The molecule has 0 aliphatic rings. The van der Waals surface area contributed by atoms with Gasteiger partial charge in [-0.05, 0) is 50.1 Å². The summed E-state index contributed by atoms with van der Waals surface area (Å²) in [4.78, 5) is 41.7. The highest BCUT2D eigenvalue weighted by atomic mass is 19.1. The second-order valence-electron chi connectivity index (χ2n) is 6.27. The molecule has 0 saturated heterocycles. The highest BCUT2D eigenvalue weighted by Crippen LogP contribution is 2.20. The number of esters is 1. The third kappa shape index (κ3) is 4.42. The third-order valence-corrected chi connectivity index (χ3v) is 4.31. The molecule has 0 bridgehead atoms. The van der Waals surface area contributed by atoms with Crippen molar-refractivity contribution < 1.29 is 23.5 Å². The van der Waals surface area contributed by atoms with Crippen LogP contribution in [0.4, 0.5) is 4.39 Å². The number of nitrogens with one attached hydrogen (secondary N) is 1. The molecular formula is C20H23FN2O4. The van der Waals surface area contributed by atoms with Crippen LogP contribution in [0.3, 0.4) is 0 Å². The van der Waals surface area contributed by atoms with Crippen molar-refractivity contribution in [1.29, 1.82) is 0 Å². The molecule has 6 nitrogen and oxygen atoms in total. The monoisotopic (exact) mass is 374 g/mol. The predicted molar refractivity (Wildman–Crippen MR) is 98.5 cm³/mol. The summed E-state index contributed by atoms with van der Waals surface area (Å²) in [5.41, 5.74) is 1.96. The Kier molecular flexibility index (Phi) is 6.50. The van der Waals surface area contributed by atoms with Gasteiger partial charge in [0.2, 0.25) is 0 Å². The fraction of sp³-hybridized carbons (Fsp3) is 0.350. The number of Topliss-reactive ketones (excluding diaryl/α,β-unsaturated/α-hetero) is 1.